The van der Waals surface area contributed by atoms with Crippen molar-refractivity contribution in [3.63, 3.8) is 0 Å². The normalized spacial score (nSPS) is 14.9. The zero-order chi connectivity index (χ0) is 67.5. The van der Waals surface area contributed by atoms with Crippen LogP contribution in [0, 0.1) is 6.92 Å². The van der Waals surface area contributed by atoms with Gasteiger partial charge in [0.1, 0.15) is 54.0 Å². The largest absolute Gasteiger partial charge is 2.00 e. The number of hydrogen-bond donors (Lipinski definition) is 1. The van der Waals surface area contributed by atoms with E-state index in [2.05, 4.69) is 124 Å². The molecule has 0 aromatic heterocycles. The summed E-state index contributed by atoms with van der Waals surface area (Å²) in [6.07, 6.45) is 4.36. The quantitative estimate of drug-likeness (QED) is 0.0204. The van der Waals surface area contributed by atoms with Gasteiger partial charge in [0, 0.05) is 42.8 Å². The third-order valence-corrected chi connectivity index (χ3v) is 32.3. The number of fused-ring (bicyclic) bond motifs is 1. The number of alkyl halides is 1. The monoisotopic (exact) mass is 1490 g/mol. The van der Waals surface area contributed by atoms with Gasteiger partial charge in [0.15, 0.2) is 25.0 Å². The van der Waals surface area contributed by atoms with E-state index in [1.165, 1.54) is 0 Å². The zero-order valence-corrected chi connectivity index (χ0v) is 69.1. The molecule has 0 spiro atoms. The fourth-order valence-electron chi connectivity index (χ4n) is 8.51. The number of ether oxygens (including phenoxy) is 4. The van der Waals surface area contributed by atoms with Gasteiger partial charge in [-0.1, -0.05) is 157 Å². The van der Waals surface area contributed by atoms with E-state index in [-0.39, 0.29) is 77.1 Å². The van der Waals surface area contributed by atoms with Crippen molar-refractivity contribution in [3.8, 4) is 34.5 Å². The van der Waals surface area contributed by atoms with Crippen molar-refractivity contribution in [2.75, 3.05) is 25.2 Å². The summed E-state index contributed by atoms with van der Waals surface area (Å²) in [4.78, 5) is 11.6. The Hall–Kier alpha value is -2.82. The van der Waals surface area contributed by atoms with Crippen molar-refractivity contribution in [1.82, 2.24) is 0 Å². The summed E-state index contributed by atoms with van der Waals surface area (Å²) in [7, 11) is -6.28. The van der Waals surface area contributed by atoms with Crippen LogP contribution in [0.5, 0.6) is 34.5 Å². The third kappa shape index (κ3) is 27.0. The Morgan fingerprint density at radius 1 is 0.553 bits per heavy atom. The molecule has 0 bridgehead atoms. The number of aldehydes is 1. The Morgan fingerprint density at radius 2 is 0.947 bits per heavy atom. The number of halogens is 2. The molecule has 2 aliphatic rings. The molecule has 0 amide bonds. The molecule has 0 aliphatic carbocycles. The minimum absolute atomic E-state index is 0. The molecular formula is C73H108B2Br2Mg2O12Si3. The van der Waals surface area contributed by atoms with Crippen LogP contribution in [0.25, 0.3) is 0 Å². The van der Waals surface area contributed by atoms with Crippen LogP contribution < -0.4 is 46.9 Å². The smallest absolute Gasteiger partial charge is 1.00 e. The molecule has 6 aromatic rings. The molecule has 2 aliphatic heterocycles. The zero-order valence-electron chi connectivity index (χ0n) is 62.1. The molecule has 0 saturated carbocycles. The summed E-state index contributed by atoms with van der Waals surface area (Å²) < 4.78 is 60.2. The Kier molecular flexibility index (Phi) is 36.4. The van der Waals surface area contributed by atoms with Crippen LogP contribution in [0.3, 0.4) is 0 Å². The summed E-state index contributed by atoms with van der Waals surface area (Å²) in [5.74, 6) is 3.99. The van der Waals surface area contributed by atoms with Crippen LogP contribution in [-0.2, 0) is 40.5 Å². The number of carbonyl (C=O) groups is 1. The van der Waals surface area contributed by atoms with Crippen LogP contribution in [0.4, 0.5) is 0 Å². The molecule has 1 N–H and O–H groups in total. The molecule has 94 heavy (non-hydrogen) atoms. The summed E-state index contributed by atoms with van der Waals surface area (Å²) in [6.45, 7) is 49.1. The summed E-state index contributed by atoms with van der Waals surface area (Å²) >= 11 is 3.40. The van der Waals surface area contributed by atoms with E-state index in [4.69, 9.17) is 46.2 Å². The SMILES string of the molecule is CC(C)(C)[Si](C)(C)OCCCBr.CC(C)(C)[Si](C)(C)OCCCC1OB(O)c2cc(Oc3cccc(OCc4ccccc4)c3)ccc21.CC1(C)OB(c2cc(Oc3cccc(OCc4ccccc4)c3)ccc2C=O)OC1(C)C.[Br-].[CH2-]CCO[Si](C)(C)C(C)(C)C.[H-].[H-].[Mg+2].[Mg+2]. The van der Waals surface area contributed by atoms with E-state index in [1.807, 2.05) is 155 Å². The summed E-state index contributed by atoms with van der Waals surface area (Å²) in [5, 5.41) is 12.5. The number of benzene rings is 6. The molecule has 1 unspecified atom stereocenters. The van der Waals surface area contributed by atoms with Gasteiger partial charge in [-0.15, -0.1) is 0 Å². The van der Waals surface area contributed by atoms with Gasteiger partial charge in [0.05, 0.1) is 17.3 Å². The van der Waals surface area contributed by atoms with Crippen molar-refractivity contribution in [3.05, 3.63) is 175 Å². The summed E-state index contributed by atoms with van der Waals surface area (Å²) in [5.41, 5.74) is 4.13. The molecule has 0 radical (unpaired) electrons. The van der Waals surface area contributed by atoms with Crippen molar-refractivity contribution >= 4 is 118 Å². The van der Waals surface area contributed by atoms with Crippen LogP contribution >= 0.6 is 15.9 Å². The van der Waals surface area contributed by atoms with Gasteiger partial charge in [0.25, 0.3) is 0 Å². The van der Waals surface area contributed by atoms with E-state index in [9.17, 15) is 9.82 Å². The maximum absolute atomic E-state index is 11.6. The number of rotatable bonds is 24. The molecule has 8 rings (SSSR count). The fraction of sp³-hybridized carbons (Fsp3) is 0.479. The second kappa shape index (κ2) is 39.3. The van der Waals surface area contributed by atoms with Crippen molar-refractivity contribution in [2.45, 2.75) is 201 Å². The average Bonchev–Trinajstić information content (AvgIpc) is 1.62. The Balaban J connectivity index is 0.00000137. The fourth-order valence-corrected chi connectivity index (χ4v) is 12.0. The molecule has 1 atom stereocenters. The topological polar surface area (TPSA) is 130 Å². The van der Waals surface area contributed by atoms with E-state index in [1.54, 1.807) is 18.2 Å². The van der Waals surface area contributed by atoms with Crippen LogP contribution in [0.2, 0.25) is 54.4 Å². The first-order valence-corrected chi connectivity index (χ1v) is 41.9. The van der Waals surface area contributed by atoms with Gasteiger partial charge < -0.3 is 78.0 Å². The second-order valence-corrected chi connectivity index (χ2v) is 44.1. The first-order valence-electron chi connectivity index (χ1n) is 32.1. The Bertz CT molecular complexity index is 3180. The van der Waals surface area contributed by atoms with Crippen molar-refractivity contribution in [1.29, 1.82) is 0 Å². The number of carbonyl (C=O) groups excluding carboxylic acids is 1. The standard InChI is InChI=1S/C29H37BO5Si.C26H27BO5.C9H21BrOSi.C9H21OSi.BrH.2Mg.2H/c1-29(2,3)36(4,5)33-18-10-15-28-26-17-16-25(20-27(26)30(31)35-28)34-24-14-9-13-23(19-24)32-21-22-11-7-6-8-12-22;1-25(2)26(3,4)32-27(31-25)24-16-23(14-13-20(24)17-28)30-22-12-8-11-21(15-22)29-18-19-9-6-5-7-10-19;1-9(2,3)12(4,5)11-8-6-7-10;1-7-8-10-11(5,6)9(2,3)4;;;;;/h6-9,11-14,16-17,19-20,28,31H,10,15,18,21H2,1-5H3;5-17H,18H2,1-4H3;6-8H2,1-5H3;1,7-8H2,2-6H3;1H;;;;/q;;;-1;;2*+2;2*-1/p-1. The third-order valence-electron chi connectivity index (χ3n) is 18.1. The van der Waals surface area contributed by atoms with E-state index < -0.39 is 50.4 Å². The minimum Gasteiger partial charge on any atom is -1.00 e. The van der Waals surface area contributed by atoms with Gasteiger partial charge in [-0.2, -0.15) is 6.42 Å². The molecule has 2 heterocycles. The molecule has 6 aromatic carbocycles. The van der Waals surface area contributed by atoms with Gasteiger partial charge in [-0.25, -0.2) is 0 Å². The maximum atomic E-state index is 11.6. The predicted octanol–water partition coefficient (Wildman–Crippen LogP) is 15.3. The van der Waals surface area contributed by atoms with Crippen molar-refractivity contribution in [2.24, 2.45) is 0 Å². The van der Waals surface area contributed by atoms with Crippen LogP contribution in [0.1, 0.15) is 152 Å². The summed E-state index contributed by atoms with van der Waals surface area (Å²) in [6, 6.07) is 46.1. The van der Waals surface area contributed by atoms with E-state index in [0.717, 1.165) is 78.4 Å². The first kappa shape index (κ1) is 87.3. The maximum Gasteiger partial charge on any atom is 2.00 e. The van der Waals surface area contributed by atoms with Gasteiger partial charge in [-0.05, 0) is 184 Å². The second-order valence-electron chi connectivity index (χ2n) is 28.8. The van der Waals surface area contributed by atoms with Crippen LogP contribution in [-0.4, -0.2) is 133 Å². The predicted molar refractivity (Wildman–Crippen MR) is 401 cm³/mol. The Labute approximate surface area is 624 Å². The van der Waals surface area contributed by atoms with Gasteiger partial charge >= 0.3 is 60.3 Å². The van der Waals surface area contributed by atoms with Crippen LogP contribution in [0.15, 0.2) is 146 Å². The number of hydrogen-bond acceptors (Lipinski definition) is 12. The van der Waals surface area contributed by atoms with E-state index in [0.29, 0.717) is 69.7 Å². The molecule has 1 saturated heterocycles. The van der Waals surface area contributed by atoms with Gasteiger partial charge in [-0.3, -0.25) is 4.79 Å². The minimum atomic E-state index is -1.75. The molecule has 12 nitrogen and oxygen atoms in total. The molecular weight excluding hydrogens is 1380 g/mol. The van der Waals surface area contributed by atoms with E-state index >= 15 is 0 Å². The first-order chi connectivity index (χ1) is 42.5. The van der Waals surface area contributed by atoms with Gasteiger partial charge in [0.2, 0.25) is 0 Å². The molecule has 21 heteroatoms. The average molecular weight is 1490 g/mol. The van der Waals surface area contributed by atoms with Crippen molar-refractivity contribution < 1.29 is 75.8 Å². The molecule has 508 valence electrons. The Morgan fingerprint density at radius 3 is 1.36 bits per heavy atom. The molecule has 1 fully saturated rings.